The van der Waals surface area contributed by atoms with Crippen LogP contribution >= 0.6 is 23.5 Å². The number of nitrogens with zero attached hydrogens (tertiary/aromatic N) is 2. The molecule has 1 fully saturated rings. The number of hydrogen-bond acceptors (Lipinski definition) is 6. The summed E-state index contributed by atoms with van der Waals surface area (Å²) in [6, 6.07) is 20.1. The van der Waals surface area contributed by atoms with E-state index in [0.717, 1.165) is 32.5 Å². The van der Waals surface area contributed by atoms with Crippen LogP contribution in [0, 0.1) is 5.82 Å². The fourth-order valence-electron chi connectivity index (χ4n) is 4.23. The zero-order valence-electron chi connectivity index (χ0n) is 21.2. The third-order valence-electron chi connectivity index (χ3n) is 6.08. The number of anilines is 2. The molecule has 1 saturated heterocycles. The molecule has 8 nitrogen and oxygen atoms in total. The lowest BCUT2D eigenvalue weighted by Gasteiger charge is -2.12. The lowest BCUT2D eigenvalue weighted by molar-refractivity contribution is -0.127. The van der Waals surface area contributed by atoms with E-state index in [1.165, 1.54) is 36.0 Å². The topological polar surface area (TPSA) is 101 Å². The minimum absolute atomic E-state index is 0.0227. The third kappa shape index (κ3) is 6.11. The van der Waals surface area contributed by atoms with Crippen LogP contribution in [0.15, 0.2) is 88.8 Å². The summed E-state index contributed by atoms with van der Waals surface area (Å²) in [5.41, 5.74) is 2.46. The predicted molar refractivity (Wildman–Crippen MR) is 156 cm³/mol. The Kier molecular flexibility index (Phi) is 8.04. The summed E-state index contributed by atoms with van der Waals surface area (Å²) in [5, 5.41) is 5.71. The summed E-state index contributed by atoms with van der Waals surface area (Å²) in [6.45, 7) is -0.429. The number of halogens is 1. The first-order chi connectivity index (χ1) is 19.3. The van der Waals surface area contributed by atoms with Crippen LogP contribution in [0.3, 0.4) is 0 Å². The average Bonchev–Trinajstić information content (AvgIpc) is 3.41. The second-order valence-electron chi connectivity index (χ2n) is 8.83. The lowest BCUT2D eigenvalue weighted by Crippen LogP contribution is -2.36. The van der Waals surface area contributed by atoms with Crippen LogP contribution in [-0.2, 0) is 20.9 Å². The molecule has 0 radical (unpaired) electrons. The highest BCUT2D eigenvalue weighted by molar-refractivity contribution is 8.18. The van der Waals surface area contributed by atoms with Crippen molar-refractivity contribution < 1.29 is 23.6 Å². The van der Waals surface area contributed by atoms with Gasteiger partial charge in [-0.3, -0.25) is 24.1 Å². The number of aromatic nitrogens is 1. The van der Waals surface area contributed by atoms with Gasteiger partial charge in [0.15, 0.2) is 0 Å². The normalized spacial score (nSPS) is 14.2. The number of benzene rings is 3. The molecule has 2 heterocycles. The number of imide groups is 1. The van der Waals surface area contributed by atoms with E-state index < -0.39 is 29.4 Å². The summed E-state index contributed by atoms with van der Waals surface area (Å²) in [7, 11) is 0. The monoisotopic (exact) mass is 574 g/mol. The van der Waals surface area contributed by atoms with Crippen LogP contribution in [0.25, 0.3) is 17.0 Å². The van der Waals surface area contributed by atoms with Crippen molar-refractivity contribution in [2.24, 2.45) is 0 Å². The maximum atomic E-state index is 13.2. The molecular weight excluding hydrogens is 551 g/mol. The number of amides is 4. The van der Waals surface area contributed by atoms with Gasteiger partial charge in [0.05, 0.1) is 4.91 Å². The standard InChI is InChI=1S/C29H23FN4O4S2/c1-39-22-6-4-5-21(14-22)32-27(36)17-34-28(37)25(40-29(34)38)13-18-15-33(24-8-3-2-7-23(18)24)16-26(35)31-20-11-9-19(30)10-12-20/h2-15H,16-17H2,1H3,(H,31,35)(H,32,36)/b25-13-. The molecule has 1 aliphatic rings. The molecule has 0 unspecified atom stereocenters. The molecule has 40 heavy (non-hydrogen) atoms. The molecule has 3 aromatic carbocycles. The van der Waals surface area contributed by atoms with Crippen molar-refractivity contribution in [3.05, 3.63) is 95.3 Å². The van der Waals surface area contributed by atoms with Crippen LogP contribution < -0.4 is 10.6 Å². The van der Waals surface area contributed by atoms with Gasteiger partial charge < -0.3 is 15.2 Å². The molecule has 0 aliphatic carbocycles. The van der Waals surface area contributed by atoms with E-state index in [1.807, 2.05) is 48.7 Å². The van der Waals surface area contributed by atoms with Gasteiger partial charge >= 0.3 is 0 Å². The number of carbonyl (C=O) groups excluding carboxylic acids is 4. The van der Waals surface area contributed by atoms with Gasteiger partial charge in [0.2, 0.25) is 11.8 Å². The zero-order valence-corrected chi connectivity index (χ0v) is 22.9. The van der Waals surface area contributed by atoms with Gasteiger partial charge in [0, 0.05) is 38.9 Å². The van der Waals surface area contributed by atoms with Crippen molar-refractivity contribution in [3.63, 3.8) is 0 Å². The van der Waals surface area contributed by atoms with E-state index in [0.29, 0.717) is 16.9 Å². The van der Waals surface area contributed by atoms with Crippen LogP contribution in [0.2, 0.25) is 0 Å². The molecular formula is C29H23FN4O4S2. The molecule has 0 saturated carbocycles. The van der Waals surface area contributed by atoms with E-state index in [-0.39, 0.29) is 17.4 Å². The number of rotatable bonds is 8. The first-order valence-corrected chi connectivity index (χ1v) is 14.2. The maximum Gasteiger partial charge on any atom is 0.294 e. The molecule has 0 atom stereocenters. The third-order valence-corrected chi connectivity index (χ3v) is 7.71. The molecule has 4 amide bonds. The van der Waals surface area contributed by atoms with E-state index in [9.17, 15) is 23.6 Å². The molecule has 202 valence electrons. The smallest absolute Gasteiger partial charge is 0.294 e. The van der Waals surface area contributed by atoms with Crippen molar-refractivity contribution in [3.8, 4) is 0 Å². The molecule has 4 aromatic rings. The molecule has 1 aromatic heterocycles. The van der Waals surface area contributed by atoms with Gasteiger partial charge in [-0.2, -0.15) is 0 Å². The molecule has 5 rings (SSSR count). The Morgan fingerprint density at radius 2 is 1.65 bits per heavy atom. The van der Waals surface area contributed by atoms with Crippen molar-refractivity contribution in [1.82, 2.24) is 9.47 Å². The number of hydrogen-bond donors (Lipinski definition) is 2. The average molecular weight is 575 g/mol. The molecule has 11 heteroatoms. The van der Waals surface area contributed by atoms with Crippen LogP contribution in [0.5, 0.6) is 0 Å². The van der Waals surface area contributed by atoms with Gasteiger partial charge in [-0.05, 0) is 72.6 Å². The number of carbonyl (C=O) groups is 4. The predicted octanol–water partition coefficient (Wildman–Crippen LogP) is 5.82. The van der Waals surface area contributed by atoms with Gasteiger partial charge in [0.25, 0.3) is 11.1 Å². The van der Waals surface area contributed by atoms with Gasteiger partial charge in [-0.25, -0.2) is 4.39 Å². The lowest BCUT2D eigenvalue weighted by atomic mass is 10.1. The van der Waals surface area contributed by atoms with Gasteiger partial charge in [-0.1, -0.05) is 24.3 Å². The fraction of sp³-hybridized carbons (Fsp3) is 0.103. The summed E-state index contributed by atoms with van der Waals surface area (Å²) in [4.78, 5) is 53.1. The highest BCUT2D eigenvalue weighted by Crippen LogP contribution is 2.34. The van der Waals surface area contributed by atoms with Crippen molar-refractivity contribution in [2.75, 3.05) is 23.4 Å². The summed E-state index contributed by atoms with van der Waals surface area (Å²) in [6.07, 6.45) is 5.25. The number of nitrogens with one attached hydrogen (secondary N) is 2. The highest BCUT2D eigenvalue weighted by Gasteiger charge is 2.36. The Labute approximate surface area is 237 Å². The molecule has 2 N–H and O–H groups in total. The number of fused-ring (bicyclic) bond motifs is 1. The Morgan fingerprint density at radius 1 is 0.925 bits per heavy atom. The SMILES string of the molecule is CSc1cccc(NC(=O)CN2C(=O)S/C(=C\c3cn(CC(=O)Nc4ccc(F)cc4)c4ccccc34)C2=O)c1. The summed E-state index contributed by atoms with van der Waals surface area (Å²) >= 11 is 2.30. The van der Waals surface area contributed by atoms with E-state index in [2.05, 4.69) is 10.6 Å². The Morgan fingerprint density at radius 3 is 2.42 bits per heavy atom. The van der Waals surface area contributed by atoms with Gasteiger partial charge in [0.1, 0.15) is 18.9 Å². The van der Waals surface area contributed by atoms with E-state index >= 15 is 0 Å². The highest BCUT2D eigenvalue weighted by atomic mass is 32.2. The first-order valence-electron chi connectivity index (χ1n) is 12.1. The van der Waals surface area contributed by atoms with Crippen LogP contribution in [0.4, 0.5) is 20.6 Å². The van der Waals surface area contributed by atoms with Crippen LogP contribution in [-0.4, -0.2) is 45.2 Å². The quantitative estimate of drug-likeness (QED) is 0.203. The van der Waals surface area contributed by atoms with Crippen molar-refractivity contribution >= 4 is 74.8 Å². The van der Waals surface area contributed by atoms with Gasteiger partial charge in [-0.15, -0.1) is 11.8 Å². The Balaban J connectivity index is 1.32. The summed E-state index contributed by atoms with van der Waals surface area (Å²) < 4.78 is 14.9. The Bertz CT molecular complexity index is 1670. The minimum atomic E-state index is -0.561. The fourth-order valence-corrected chi connectivity index (χ4v) is 5.52. The summed E-state index contributed by atoms with van der Waals surface area (Å²) in [5.74, 6) is -1.75. The van der Waals surface area contributed by atoms with Crippen LogP contribution in [0.1, 0.15) is 5.56 Å². The largest absolute Gasteiger partial charge is 0.337 e. The number of thioether (sulfide) groups is 2. The van der Waals surface area contributed by atoms with E-state index in [4.69, 9.17) is 0 Å². The Hall–Kier alpha value is -4.35. The second-order valence-corrected chi connectivity index (χ2v) is 10.7. The molecule has 1 aliphatic heterocycles. The van der Waals surface area contributed by atoms with E-state index in [1.54, 1.807) is 22.9 Å². The minimum Gasteiger partial charge on any atom is -0.337 e. The zero-order chi connectivity index (χ0) is 28.2. The second kappa shape index (κ2) is 11.8. The van der Waals surface area contributed by atoms with Crippen molar-refractivity contribution in [2.45, 2.75) is 11.4 Å². The number of para-hydroxylation sites is 1. The molecule has 0 bridgehead atoms. The first kappa shape index (κ1) is 27.2. The molecule has 0 spiro atoms. The maximum absolute atomic E-state index is 13.2. The van der Waals surface area contributed by atoms with Crippen molar-refractivity contribution in [1.29, 1.82) is 0 Å².